The van der Waals surface area contributed by atoms with Crippen molar-refractivity contribution in [1.82, 2.24) is 14.6 Å². The Bertz CT molecular complexity index is 680. The fourth-order valence-electron chi connectivity index (χ4n) is 2.27. The van der Waals surface area contributed by atoms with Crippen molar-refractivity contribution in [2.24, 2.45) is 0 Å². The van der Waals surface area contributed by atoms with E-state index in [1.165, 1.54) is 5.56 Å². The number of aliphatic hydroxyl groups is 1. The average Bonchev–Trinajstić information content (AvgIpc) is 2.96. The van der Waals surface area contributed by atoms with Gasteiger partial charge in [-0.3, -0.25) is 0 Å². The Morgan fingerprint density at radius 2 is 1.95 bits per heavy atom. The minimum absolute atomic E-state index is 0.0870. The van der Waals surface area contributed by atoms with Crippen molar-refractivity contribution in [2.75, 3.05) is 18.1 Å². The van der Waals surface area contributed by atoms with E-state index < -0.39 is 0 Å². The average molecular weight is 268 g/mol. The second kappa shape index (κ2) is 5.71. The van der Waals surface area contributed by atoms with Crippen LogP contribution in [0.4, 0.5) is 5.82 Å². The lowest BCUT2D eigenvalue weighted by atomic mass is 10.2. The van der Waals surface area contributed by atoms with Crippen molar-refractivity contribution in [2.45, 2.75) is 6.54 Å². The maximum Gasteiger partial charge on any atom is 0.155 e. The zero-order valence-electron chi connectivity index (χ0n) is 11.1. The quantitative estimate of drug-likeness (QED) is 0.765. The number of hydrogen-bond donors (Lipinski definition) is 1. The molecule has 5 heteroatoms. The molecule has 0 radical (unpaired) electrons. The molecule has 1 aromatic carbocycles. The van der Waals surface area contributed by atoms with E-state index >= 15 is 0 Å². The third-order valence-electron chi connectivity index (χ3n) is 3.19. The van der Waals surface area contributed by atoms with E-state index in [0.29, 0.717) is 13.1 Å². The molecule has 0 aliphatic rings. The van der Waals surface area contributed by atoms with Gasteiger partial charge in [-0.25, -0.2) is 9.50 Å². The van der Waals surface area contributed by atoms with Gasteiger partial charge in [0, 0.05) is 25.5 Å². The third kappa shape index (κ3) is 2.48. The first-order chi connectivity index (χ1) is 9.88. The molecular weight excluding hydrogens is 252 g/mol. The third-order valence-corrected chi connectivity index (χ3v) is 3.19. The molecule has 0 aliphatic heterocycles. The smallest absolute Gasteiger partial charge is 0.155 e. The summed E-state index contributed by atoms with van der Waals surface area (Å²) in [5, 5.41) is 13.5. The standard InChI is InChI=1S/C15H16N4O/c20-11-10-18(12-13-4-2-1-3-5-13)15-14-6-7-17-19(14)9-8-16-15/h1-9,20H,10-12H2. The van der Waals surface area contributed by atoms with Gasteiger partial charge in [-0.15, -0.1) is 0 Å². The second-order valence-electron chi connectivity index (χ2n) is 4.54. The molecule has 0 saturated carbocycles. The lowest BCUT2D eigenvalue weighted by molar-refractivity contribution is 0.301. The predicted molar refractivity (Wildman–Crippen MR) is 77.6 cm³/mol. The Labute approximate surface area is 117 Å². The first-order valence-electron chi connectivity index (χ1n) is 6.56. The summed E-state index contributed by atoms with van der Waals surface area (Å²) in [6.45, 7) is 1.33. The highest BCUT2D eigenvalue weighted by Gasteiger charge is 2.12. The van der Waals surface area contributed by atoms with E-state index in [9.17, 15) is 5.11 Å². The zero-order valence-corrected chi connectivity index (χ0v) is 11.1. The van der Waals surface area contributed by atoms with E-state index in [0.717, 1.165) is 11.3 Å². The number of anilines is 1. The van der Waals surface area contributed by atoms with E-state index in [1.807, 2.05) is 30.5 Å². The topological polar surface area (TPSA) is 53.7 Å². The van der Waals surface area contributed by atoms with Gasteiger partial charge in [-0.05, 0) is 11.6 Å². The van der Waals surface area contributed by atoms with Crippen LogP contribution < -0.4 is 4.90 Å². The Balaban J connectivity index is 1.96. The van der Waals surface area contributed by atoms with Crippen molar-refractivity contribution in [3.63, 3.8) is 0 Å². The van der Waals surface area contributed by atoms with E-state index in [1.54, 1.807) is 16.9 Å². The summed E-state index contributed by atoms with van der Waals surface area (Å²) in [6, 6.07) is 12.1. The molecule has 0 aliphatic carbocycles. The number of fused-ring (bicyclic) bond motifs is 1. The first-order valence-corrected chi connectivity index (χ1v) is 6.56. The minimum Gasteiger partial charge on any atom is -0.395 e. The lowest BCUT2D eigenvalue weighted by Gasteiger charge is -2.23. The van der Waals surface area contributed by atoms with Gasteiger partial charge in [0.05, 0.1) is 12.8 Å². The van der Waals surface area contributed by atoms with Crippen LogP contribution in [0.1, 0.15) is 5.56 Å². The van der Waals surface area contributed by atoms with Crippen LogP contribution in [-0.4, -0.2) is 32.9 Å². The number of aromatic nitrogens is 3. The van der Waals surface area contributed by atoms with Crippen LogP contribution in [0.5, 0.6) is 0 Å². The number of benzene rings is 1. The van der Waals surface area contributed by atoms with Crippen molar-refractivity contribution in [3.8, 4) is 0 Å². The molecular formula is C15H16N4O. The number of aliphatic hydroxyl groups excluding tert-OH is 1. The Morgan fingerprint density at radius 3 is 2.75 bits per heavy atom. The van der Waals surface area contributed by atoms with Gasteiger partial charge in [0.15, 0.2) is 5.82 Å². The lowest BCUT2D eigenvalue weighted by Crippen LogP contribution is -2.27. The van der Waals surface area contributed by atoms with Crippen LogP contribution in [0.15, 0.2) is 55.0 Å². The molecule has 3 rings (SSSR count). The van der Waals surface area contributed by atoms with E-state index in [4.69, 9.17) is 0 Å². The summed E-state index contributed by atoms with van der Waals surface area (Å²) in [6.07, 6.45) is 5.29. The van der Waals surface area contributed by atoms with Gasteiger partial charge in [0.25, 0.3) is 0 Å². The Kier molecular flexibility index (Phi) is 3.60. The number of hydrogen-bond acceptors (Lipinski definition) is 4. The van der Waals surface area contributed by atoms with Crippen LogP contribution in [0, 0.1) is 0 Å². The summed E-state index contributed by atoms with van der Waals surface area (Å²) in [4.78, 5) is 6.51. The van der Waals surface area contributed by atoms with Gasteiger partial charge in [0.1, 0.15) is 5.52 Å². The summed E-state index contributed by atoms with van der Waals surface area (Å²) in [7, 11) is 0. The van der Waals surface area contributed by atoms with Crippen LogP contribution in [0.2, 0.25) is 0 Å². The normalized spacial score (nSPS) is 10.8. The van der Waals surface area contributed by atoms with Crippen LogP contribution in [0.3, 0.4) is 0 Å². The maximum absolute atomic E-state index is 9.31. The Hall–Kier alpha value is -2.40. The maximum atomic E-state index is 9.31. The number of nitrogens with zero attached hydrogens (tertiary/aromatic N) is 4. The molecule has 0 unspecified atom stereocenters. The van der Waals surface area contributed by atoms with Gasteiger partial charge in [-0.2, -0.15) is 5.10 Å². The SMILES string of the molecule is OCCN(Cc1ccccc1)c1nccn2nccc12. The molecule has 0 spiro atoms. The molecule has 0 amide bonds. The monoisotopic (exact) mass is 268 g/mol. The highest BCUT2D eigenvalue weighted by atomic mass is 16.3. The molecule has 0 atom stereocenters. The largest absolute Gasteiger partial charge is 0.395 e. The summed E-state index contributed by atoms with van der Waals surface area (Å²) in [5.74, 6) is 0.836. The van der Waals surface area contributed by atoms with Crippen molar-refractivity contribution in [3.05, 3.63) is 60.6 Å². The summed E-state index contributed by atoms with van der Waals surface area (Å²) in [5.41, 5.74) is 2.13. The zero-order chi connectivity index (χ0) is 13.8. The fourth-order valence-corrected chi connectivity index (χ4v) is 2.27. The van der Waals surface area contributed by atoms with Gasteiger partial charge < -0.3 is 10.0 Å². The van der Waals surface area contributed by atoms with Gasteiger partial charge in [-0.1, -0.05) is 30.3 Å². The number of rotatable bonds is 5. The van der Waals surface area contributed by atoms with Crippen LogP contribution >= 0.6 is 0 Å². The van der Waals surface area contributed by atoms with Gasteiger partial charge >= 0.3 is 0 Å². The molecule has 0 fully saturated rings. The second-order valence-corrected chi connectivity index (χ2v) is 4.54. The highest BCUT2D eigenvalue weighted by molar-refractivity contribution is 5.68. The van der Waals surface area contributed by atoms with E-state index in [-0.39, 0.29) is 6.61 Å². The molecule has 102 valence electrons. The van der Waals surface area contributed by atoms with Crippen molar-refractivity contribution in [1.29, 1.82) is 0 Å². The van der Waals surface area contributed by atoms with E-state index in [2.05, 4.69) is 27.1 Å². The van der Waals surface area contributed by atoms with Crippen LogP contribution in [0.25, 0.3) is 5.52 Å². The Morgan fingerprint density at radius 1 is 1.10 bits per heavy atom. The summed E-state index contributed by atoms with van der Waals surface area (Å²) >= 11 is 0. The molecule has 5 nitrogen and oxygen atoms in total. The van der Waals surface area contributed by atoms with Crippen molar-refractivity contribution >= 4 is 11.3 Å². The predicted octanol–water partition coefficient (Wildman–Crippen LogP) is 1.73. The molecule has 1 N–H and O–H groups in total. The molecule has 2 aromatic heterocycles. The van der Waals surface area contributed by atoms with Crippen molar-refractivity contribution < 1.29 is 5.11 Å². The summed E-state index contributed by atoms with van der Waals surface area (Å²) < 4.78 is 1.79. The minimum atomic E-state index is 0.0870. The fraction of sp³-hybridized carbons (Fsp3) is 0.200. The van der Waals surface area contributed by atoms with Gasteiger partial charge in [0.2, 0.25) is 0 Å². The molecule has 3 aromatic rings. The molecule has 0 saturated heterocycles. The molecule has 0 bridgehead atoms. The highest BCUT2D eigenvalue weighted by Crippen LogP contribution is 2.20. The first kappa shape index (κ1) is 12.6. The van der Waals surface area contributed by atoms with Crippen LogP contribution in [-0.2, 0) is 6.54 Å². The molecule has 20 heavy (non-hydrogen) atoms. The molecule has 2 heterocycles.